The van der Waals surface area contributed by atoms with Crippen LogP contribution >= 0.6 is 0 Å². The Morgan fingerprint density at radius 2 is 2.22 bits per heavy atom. The number of rotatable bonds is 5. The molecule has 0 unspecified atom stereocenters. The molecule has 0 aliphatic carbocycles. The summed E-state index contributed by atoms with van der Waals surface area (Å²) in [5, 5.41) is 0. The van der Waals surface area contributed by atoms with Crippen LogP contribution in [-0.2, 0) is 0 Å². The van der Waals surface area contributed by atoms with Gasteiger partial charge in [-0.05, 0) is 33.0 Å². The van der Waals surface area contributed by atoms with Crippen LogP contribution in [0.1, 0.15) is 19.8 Å². The third kappa shape index (κ3) is 5.57. The molecule has 0 atom stereocenters. The Morgan fingerprint density at radius 3 is 2.67 bits per heavy atom. The summed E-state index contributed by atoms with van der Waals surface area (Å²) in [5.41, 5.74) is 0. The Morgan fingerprint density at radius 1 is 1.56 bits per heavy atom. The monoisotopic (exact) mass is 127 g/mol. The predicted octanol–water partition coefficient (Wildman–Crippen LogP) is 1.90. The zero-order chi connectivity index (χ0) is 7.11. The summed E-state index contributed by atoms with van der Waals surface area (Å²) in [4.78, 5) is 2.31. The van der Waals surface area contributed by atoms with E-state index in [4.69, 9.17) is 0 Å². The molecular weight excluding hydrogens is 110 g/mol. The summed E-state index contributed by atoms with van der Waals surface area (Å²) in [6.07, 6.45) is 4.36. The summed E-state index contributed by atoms with van der Waals surface area (Å²) < 4.78 is 0. The van der Waals surface area contributed by atoms with E-state index in [0.717, 1.165) is 13.0 Å². The maximum Gasteiger partial charge on any atom is -0.00190 e. The van der Waals surface area contributed by atoms with Crippen molar-refractivity contribution >= 4 is 0 Å². The first kappa shape index (κ1) is 8.70. The summed E-state index contributed by atoms with van der Waals surface area (Å²) in [6, 6.07) is 0. The van der Waals surface area contributed by atoms with Crippen molar-refractivity contribution in [2.75, 3.05) is 20.1 Å². The van der Waals surface area contributed by atoms with E-state index < -0.39 is 0 Å². The van der Waals surface area contributed by atoms with Crippen molar-refractivity contribution in [2.45, 2.75) is 19.8 Å². The van der Waals surface area contributed by atoms with Gasteiger partial charge in [-0.25, -0.2) is 0 Å². The normalized spacial score (nSPS) is 10.1. The quantitative estimate of drug-likeness (QED) is 0.403. The molecule has 0 aliphatic heterocycles. The first-order valence-corrected chi connectivity index (χ1v) is 3.60. The van der Waals surface area contributed by atoms with Gasteiger partial charge in [0, 0.05) is 0 Å². The number of hydrogen-bond donors (Lipinski definition) is 0. The van der Waals surface area contributed by atoms with Crippen molar-refractivity contribution < 1.29 is 0 Å². The first-order chi connectivity index (χ1) is 4.31. The SMILES string of the molecule is C=CCCCN(C)CC. The summed E-state index contributed by atoms with van der Waals surface area (Å²) in [7, 11) is 2.14. The van der Waals surface area contributed by atoms with Crippen LogP contribution in [0.25, 0.3) is 0 Å². The molecule has 0 aromatic heterocycles. The predicted molar refractivity (Wildman–Crippen MR) is 42.6 cm³/mol. The largest absolute Gasteiger partial charge is 0.307 e. The lowest BCUT2D eigenvalue weighted by Crippen LogP contribution is -2.18. The van der Waals surface area contributed by atoms with E-state index in [9.17, 15) is 0 Å². The second kappa shape index (κ2) is 5.83. The highest BCUT2D eigenvalue weighted by Gasteiger charge is 1.90. The fraction of sp³-hybridized carbons (Fsp3) is 0.750. The maximum atomic E-state index is 3.66. The second-order valence-electron chi connectivity index (χ2n) is 2.33. The molecule has 0 rings (SSSR count). The Balaban J connectivity index is 2.96. The minimum atomic E-state index is 1.14. The van der Waals surface area contributed by atoms with Crippen LogP contribution in [-0.4, -0.2) is 25.0 Å². The molecule has 0 heterocycles. The lowest BCUT2D eigenvalue weighted by Gasteiger charge is -2.11. The van der Waals surface area contributed by atoms with Gasteiger partial charge in [0.1, 0.15) is 0 Å². The molecule has 9 heavy (non-hydrogen) atoms. The van der Waals surface area contributed by atoms with Gasteiger partial charge in [-0.1, -0.05) is 13.0 Å². The van der Waals surface area contributed by atoms with Gasteiger partial charge in [-0.3, -0.25) is 0 Å². The highest BCUT2D eigenvalue weighted by Crippen LogP contribution is 1.91. The van der Waals surface area contributed by atoms with E-state index >= 15 is 0 Å². The lowest BCUT2D eigenvalue weighted by molar-refractivity contribution is 0.348. The highest BCUT2D eigenvalue weighted by molar-refractivity contribution is 4.66. The zero-order valence-corrected chi connectivity index (χ0v) is 6.56. The molecule has 0 N–H and O–H groups in total. The topological polar surface area (TPSA) is 3.24 Å². The molecule has 0 aromatic rings. The van der Waals surface area contributed by atoms with E-state index in [1.54, 1.807) is 0 Å². The van der Waals surface area contributed by atoms with Gasteiger partial charge in [0.25, 0.3) is 0 Å². The average Bonchev–Trinajstić information content (AvgIpc) is 1.89. The van der Waals surface area contributed by atoms with Gasteiger partial charge >= 0.3 is 0 Å². The van der Waals surface area contributed by atoms with Crippen LogP contribution in [0.5, 0.6) is 0 Å². The molecular formula is C8H17N. The third-order valence-corrected chi connectivity index (χ3v) is 1.49. The number of allylic oxidation sites excluding steroid dienone is 1. The molecule has 0 saturated heterocycles. The Kier molecular flexibility index (Phi) is 5.64. The van der Waals surface area contributed by atoms with Crippen molar-refractivity contribution in [3.8, 4) is 0 Å². The Labute approximate surface area is 58.4 Å². The first-order valence-electron chi connectivity index (χ1n) is 3.60. The summed E-state index contributed by atoms with van der Waals surface area (Å²) >= 11 is 0. The van der Waals surface area contributed by atoms with Crippen LogP contribution in [0.3, 0.4) is 0 Å². The summed E-state index contributed by atoms with van der Waals surface area (Å²) in [6.45, 7) is 8.19. The number of nitrogens with zero attached hydrogens (tertiary/aromatic N) is 1. The van der Waals surface area contributed by atoms with Gasteiger partial charge < -0.3 is 4.90 Å². The van der Waals surface area contributed by atoms with Gasteiger partial charge in [-0.2, -0.15) is 0 Å². The lowest BCUT2D eigenvalue weighted by atomic mass is 10.3. The molecule has 0 aliphatic rings. The average molecular weight is 127 g/mol. The molecule has 0 radical (unpaired) electrons. The Bertz CT molecular complexity index is 69.0. The molecule has 0 bridgehead atoms. The van der Waals surface area contributed by atoms with Crippen molar-refractivity contribution in [2.24, 2.45) is 0 Å². The van der Waals surface area contributed by atoms with Gasteiger partial charge in [-0.15, -0.1) is 6.58 Å². The Hall–Kier alpha value is -0.300. The van der Waals surface area contributed by atoms with E-state index in [1.807, 2.05) is 6.08 Å². The van der Waals surface area contributed by atoms with Crippen LogP contribution in [0.2, 0.25) is 0 Å². The number of unbranched alkanes of at least 4 members (excludes halogenated alkanes) is 1. The molecule has 0 amide bonds. The van der Waals surface area contributed by atoms with Gasteiger partial charge in [0.2, 0.25) is 0 Å². The number of hydrogen-bond acceptors (Lipinski definition) is 1. The third-order valence-electron chi connectivity index (χ3n) is 1.49. The van der Waals surface area contributed by atoms with Crippen molar-refractivity contribution in [3.63, 3.8) is 0 Å². The van der Waals surface area contributed by atoms with Crippen molar-refractivity contribution in [3.05, 3.63) is 12.7 Å². The summed E-state index contributed by atoms with van der Waals surface area (Å²) in [5.74, 6) is 0. The smallest absolute Gasteiger partial charge is 0.00190 e. The van der Waals surface area contributed by atoms with Crippen LogP contribution < -0.4 is 0 Å². The minimum absolute atomic E-state index is 1.14. The maximum absolute atomic E-state index is 3.66. The molecule has 54 valence electrons. The minimum Gasteiger partial charge on any atom is -0.307 e. The standard InChI is InChI=1S/C8H17N/c1-4-6-7-8-9(3)5-2/h4H,1,5-8H2,2-3H3. The van der Waals surface area contributed by atoms with Crippen molar-refractivity contribution in [1.29, 1.82) is 0 Å². The van der Waals surface area contributed by atoms with Crippen LogP contribution in [0.4, 0.5) is 0 Å². The fourth-order valence-corrected chi connectivity index (χ4v) is 0.664. The van der Waals surface area contributed by atoms with E-state index in [2.05, 4.69) is 25.5 Å². The van der Waals surface area contributed by atoms with Gasteiger partial charge in [0.05, 0.1) is 0 Å². The molecule has 1 nitrogen and oxygen atoms in total. The molecule has 0 aromatic carbocycles. The van der Waals surface area contributed by atoms with Crippen molar-refractivity contribution in [1.82, 2.24) is 4.90 Å². The molecule has 1 heteroatoms. The van der Waals surface area contributed by atoms with Crippen LogP contribution in [0.15, 0.2) is 12.7 Å². The fourth-order valence-electron chi connectivity index (χ4n) is 0.664. The highest BCUT2D eigenvalue weighted by atomic mass is 15.1. The molecule has 0 spiro atoms. The van der Waals surface area contributed by atoms with Gasteiger partial charge in [0.15, 0.2) is 0 Å². The molecule has 0 saturated carbocycles. The molecule has 0 fully saturated rings. The van der Waals surface area contributed by atoms with E-state index in [1.165, 1.54) is 13.0 Å². The second-order valence-corrected chi connectivity index (χ2v) is 2.33. The van der Waals surface area contributed by atoms with E-state index in [0.29, 0.717) is 0 Å². The zero-order valence-electron chi connectivity index (χ0n) is 6.56. The van der Waals surface area contributed by atoms with E-state index in [-0.39, 0.29) is 0 Å². The van der Waals surface area contributed by atoms with Crippen LogP contribution in [0, 0.1) is 0 Å².